The maximum absolute atomic E-state index is 15.2. The molecule has 0 spiro atoms. The molecule has 54 heavy (non-hydrogen) atoms. The van der Waals surface area contributed by atoms with Gasteiger partial charge in [-0.05, 0) is 97.5 Å². The van der Waals surface area contributed by atoms with Crippen molar-refractivity contribution in [3.8, 4) is 5.75 Å². The Morgan fingerprint density at radius 3 is 2.06 bits per heavy atom. The van der Waals surface area contributed by atoms with Gasteiger partial charge in [-0.25, -0.2) is 0 Å². The molecule has 5 aromatic rings. The zero-order valence-corrected chi connectivity index (χ0v) is 29.6. The van der Waals surface area contributed by atoms with Crippen molar-refractivity contribution >= 4 is 46.4 Å². The predicted molar refractivity (Wildman–Crippen MR) is 206 cm³/mol. The second-order valence-corrected chi connectivity index (χ2v) is 14.7. The summed E-state index contributed by atoms with van der Waals surface area (Å²) < 4.78 is 0. The van der Waals surface area contributed by atoms with E-state index in [0.717, 1.165) is 27.5 Å². The van der Waals surface area contributed by atoms with Crippen LogP contribution in [0, 0.1) is 30.6 Å². The molecular formula is C45H38N4O5. The number of carbonyl (C=O) groups excluding carboxylic acids is 4. The van der Waals surface area contributed by atoms with Gasteiger partial charge in [0.2, 0.25) is 11.8 Å². The Morgan fingerprint density at radius 1 is 0.685 bits per heavy atom. The number of phenolic OH excluding ortho intramolecular Hbond substituents is 1. The van der Waals surface area contributed by atoms with E-state index in [-0.39, 0.29) is 24.0 Å². The Morgan fingerprint density at radius 2 is 1.35 bits per heavy atom. The Bertz CT molecular complexity index is 2330. The quantitative estimate of drug-likeness (QED) is 0.117. The van der Waals surface area contributed by atoms with Crippen molar-refractivity contribution in [2.24, 2.45) is 23.7 Å². The first kappa shape index (κ1) is 33.4. The number of hydrogen-bond donors (Lipinski definition) is 3. The molecule has 1 saturated carbocycles. The van der Waals surface area contributed by atoms with Gasteiger partial charge < -0.3 is 10.4 Å². The molecule has 2 saturated heterocycles. The molecule has 0 bridgehead atoms. The van der Waals surface area contributed by atoms with E-state index in [1.807, 2.05) is 116 Å². The van der Waals surface area contributed by atoms with Crippen molar-refractivity contribution in [1.29, 1.82) is 0 Å². The number of allylic oxidation sites excluding steroid dienone is 2. The van der Waals surface area contributed by atoms with E-state index in [0.29, 0.717) is 28.9 Å². The van der Waals surface area contributed by atoms with E-state index < -0.39 is 46.8 Å². The number of para-hydroxylation sites is 1. The molecule has 2 heterocycles. The molecule has 0 unspecified atom stereocenters. The zero-order chi connectivity index (χ0) is 37.1. The number of aryl methyl sites for hydroxylation is 1. The van der Waals surface area contributed by atoms with Crippen LogP contribution >= 0.6 is 0 Å². The lowest BCUT2D eigenvalue weighted by Crippen LogP contribution is -2.53. The number of fused-ring (bicyclic) bond motifs is 4. The van der Waals surface area contributed by atoms with E-state index in [1.165, 1.54) is 4.90 Å². The smallest absolute Gasteiger partial charge is 0.260 e. The minimum absolute atomic E-state index is 0.0265. The molecule has 268 valence electrons. The highest BCUT2D eigenvalue weighted by atomic mass is 16.3. The average Bonchev–Trinajstić information content (AvgIpc) is 3.57. The third kappa shape index (κ3) is 5.14. The van der Waals surface area contributed by atoms with Gasteiger partial charge in [-0.15, -0.1) is 0 Å². The van der Waals surface area contributed by atoms with Crippen LogP contribution in [0.5, 0.6) is 5.75 Å². The SMILES string of the molecule is Cc1ccc(NN2C(=O)[C@@H]3C[C@@H]4C(=CC[C@@H]5C(=O)N(c6ccc(Nc7ccccc7)cc6)C(=O)[C@@H]54)[C@H](c4cccc(O)c4)[C@]3(c3ccccc3)C2=O)cc1. The topological polar surface area (TPSA) is 119 Å². The van der Waals surface area contributed by atoms with Gasteiger partial charge in [0.05, 0.1) is 34.5 Å². The Balaban J connectivity index is 1.14. The van der Waals surface area contributed by atoms with Crippen molar-refractivity contribution < 1.29 is 24.3 Å². The first-order valence-corrected chi connectivity index (χ1v) is 18.3. The van der Waals surface area contributed by atoms with Crippen LogP contribution in [0.15, 0.2) is 145 Å². The molecule has 2 aliphatic carbocycles. The van der Waals surface area contributed by atoms with Crippen LogP contribution in [0.1, 0.15) is 35.4 Å². The summed E-state index contributed by atoms with van der Waals surface area (Å²) in [5.74, 6) is -4.78. The minimum Gasteiger partial charge on any atom is -0.508 e. The number of rotatable bonds is 7. The molecule has 9 nitrogen and oxygen atoms in total. The van der Waals surface area contributed by atoms with Crippen molar-refractivity contribution in [2.75, 3.05) is 15.6 Å². The summed E-state index contributed by atoms with van der Waals surface area (Å²) >= 11 is 0. The van der Waals surface area contributed by atoms with Gasteiger partial charge in [0.25, 0.3) is 11.8 Å². The zero-order valence-electron chi connectivity index (χ0n) is 29.6. The Labute approximate surface area is 312 Å². The van der Waals surface area contributed by atoms with Gasteiger partial charge in [-0.3, -0.25) is 29.5 Å². The normalized spacial score (nSPS) is 25.9. The Kier molecular flexibility index (Phi) is 7.96. The highest BCUT2D eigenvalue weighted by Gasteiger charge is 2.70. The van der Waals surface area contributed by atoms with E-state index in [9.17, 15) is 19.5 Å². The van der Waals surface area contributed by atoms with Crippen molar-refractivity contribution in [3.63, 3.8) is 0 Å². The van der Waals surface area contributed by atoms with Crippen LogP contribution in [-0.2, 0) is 24.6 Å². The standard InChI is InChI=1S/C45H38N4O5/c1-27-15-17-32(18-16-27)47-49-42(52)38-26-37-35(40(28-9-8-14-34(50)25-28)45(38,44(49)54)29-10-4-2-5-11-29)23-24-36-39(37)43(53)48(41(36)51)33-21-19-31(20-22-33)46-30-12-6-3-7-13-30/h2-23,25,36-40,46-47,50H,24,26H2,1H3/t36-,37+,38-,39-,40-,45+/m0/s1. The Hall–Kier alpha value is -6.48. The summed E-state index contributed by atoms with van der Waals surface area (Å²) in [6.07, 6.45) is 2.53. The largest absolute Gasteiger partial charge is 0.508 e. The first-order valence-electron chi connectivity index (χ1n) is 18.3. The number of aromatic hydroxyl groups is 1. The number of hydrazine groups is 1. The number of benzene rings is 5. The van der Waals surface area contributed by atoms with Crippen LogP contribution < -0.4 is 15.6 Å². The number of anilines is 4. The number of nitrogens with one attached hydrogen (secondary N) is 2. The van der Waals surface area contributed by atoms with Crippen molar-refractivity contribution in [2.45, 2.75) is 31.1 Å². The fraction of sp³-hybridized carbons (Fsp3) is 0.200. The second kappa shape index (κ2) is 12.9. The first-order chi connectivity index (χ1) is 26.3. The van der Waals surface area contributed by atoms with Gasteiger partial charge in [0.1, 0.15) is 5.75 Å². The van der Waals surface area contributed by atoms with Crippen LogP contribution in [0.2, 0.25) is 0 Å². The van der Waals surface area contributed by atoms with E-state index in [2.05, 4.69) is 10.7 Å². The molecule has 4 amide bonds. The minimum atomic E-state index is -1.40. The number of carbonyl (C=O) groups is 4. The average molecular weight is 715 g/mol. The van der Waals surface area contributed by atoms with Crippen LogP contribution in [0.3, 0.4) is 0 Å². The fourth-order valence-corrected chi connectivity index (χ4v) is 9.46. The molecular weight excluding hydrogens is 677 g/mol. The molecule has 3 N–H and O–H groups in total. The summed E-state index contributed by atoms with van der Waals surface area (Å²) in [4.78, 5) is 60.2. The summed E-state index contributed by atoms with van der Waals surface area (Å²) in [7, 11) is 0. The van der Waals surface area contributed by atoms with E-state index in [4.69, 9.17) is 0 Å². The lowest BCUT2D eigenvalue weighted by molar-refractivity contribution is -0.138. The molecule has 0 aromatic heterocycles. The number of phenols is 1. The van der Waals surface area contributed by atoms with Gasteiger partial charge in [0.15, 0.2) is 0 Å². The van der Waals surface area contributed by atoms with Crippen LogP contribution in [0.25, 0.3) is 0 Å². The molecule has 9 heteroatoms. The molecule has 4 aliphatic rings. The number of imide groups is 2. The molecule has 5 aromatic carbocycles. The lowest BCUT2D eigenvalue weighted by atomic mass is 9.49. The van der Waals surface area contributed by atoms with E-state index >= 15 is 4.79 Å². The highest BCUT2D eigenvalue weighted by Crippen LogP contribution is 2.64. The van der Waals surface area contributed by atoms with Gasteiger partial charge in [-0.1, -0.05) is 90.0 Å². The third-order valence-corrected chi connectivity index (χ3v) is 11.8. The monoisotopic (exact) mass is 714 g/mol. The highest BCUT2D eigenvalue weighted by molar-refractivity contribution is 6.22. The third-order valence-electron chi connectivity index (χ3n) is 11.8. The molecule has 9 rings (SSSR count). The summed E-state index contributed by atoms with van der Waals surface area (Å²) in [5, 5.41) is 15.3. The van der Waals surface area contributed by atoms with E-state index in [1.54, 1.807) is 30.3 Å². The number of hydrogen-bond acceptors (Lipinski definition) is 7. The fourth-order valence-electron chi connectivity index (χ4n) is 9.46. The summed E-state index contributed by atoms with van der Waals surface area (Å²) in [6.45, 7) is 1.96. The van der Waals surface area contributed by atoms with Gasteiger partial charge in [0, 0.05) is 17.3 Å². The van der Waals surface area contributed by atoms with Crippen LogP contribution in [0.4, 0.5) is 22.7 Å². The van der Waals surface area contributed by atoms with Gasteiger partial charge in [-0.2, -0.15) is 5.01 Å². The summed E-state index contributed by atoms with van der Waals surface area (Å²) in [6, 6.07) is 40.7. The maximum atomic E-state index is 15.2. The maximum Gasteiger partial charge on any atom is 0.260 e. The molecule has 3 fully saturated rings. The number of amides is 4. The second-order valence-electron chi connectivity index (χ2n) is 14.7. The van der Waals surface area contributed by atoms with Crippen molar-refractivity contribution in [1.82, 2.24) is 5.01 Å². The van der Waals surface area contributed by atoms with Crippen molar-refractivity contribution in [3.05, 3.63) is 162 Å². The summed E-state index contributed by atoms with van der Waals surface area (Å²) in [5.41, 5.74) is 7.75. The lowest BCUT2D eigenvalue weighted by Gasteiger charge is -2.50. The predicted octanol–water partition coefficient (Wildman–Crippen LogP) is 7.63. The molecule has 0 radical (unpaired) electrons. The van der Waals surface area contributed by atoms with Gasteiger partial charge >= 0.3 is 0 Å². The molecule has 2 aliphatic heterocycles. The molecule has 6 atom stereocenters. The number of nitrogens with zero attached hydrogens (tertiary/aromatic N) is 2. The van der Waals surface area contributed by atoms with Crippen LogP contribution in [-0.4, -0.2) is 33.7 Å².